The number of alkyl halides is 3. The predicted octanol–water partition coefficient (Wildman–Crippen LogP) is 1.39. The van der Waals surface area contributed by atoms with E-state index in [1.54, 1.807) is 0 Å². The van der Waals surface area contributed by atoms with Gasteiger partial charge in [-0.3, -0.25) is 0 Å². The third-order valence-electron chi connectivity index (χ3n) is 2.84. The largest absolute Gasteiger partial charge is 0.389 e. The number of hydrogen-bond acceptors (Lipinski definition) is 3. The SMILES string of the molecule is O=S(=O)(CCCC(F)(F)F)NCC1CCCCN1. The summed E-state index contributed by atoms with van der Waals surface area (Å²) in [5.41, 5.74) is 0. The van der Waals surface area contributed by atoms with Crippen molar-refractivity contribution in [3.63, 3.8) is 0 Å². The average Bonchev–Trinajstić information content (AvgIpc) is 2.26. The summed E-state index contributed by atoms with van der Waals surface area (Å²) in [5, 5.41) is 3.17. The Morgan fingerprint density at radius 1 is 1.28 bits per heavy atom. The Morgan fingerprint density at radius 3 is 2.56 bits per heavy atom. The Labute approximate surface area is 105 Å². The molecule has 0 radical (unpaired) electrons. The number of halogens is 3. The fraction of sp³-hybridized carbons (Fsp3) is 1.00. The van der Waals surface area contributed by atoms with E-state index in [1.165, 1.54) is 0 Å². The molecule has 1 saturated heterocycles. The second kappa shape index (κ2) is 6.72. The van der Waals surface area contributed by atoms with Gasteiger partial charge in [-0.15, -0.1) is 0 Å². The molecule has 1 fully saturated rings. The van der Waals surface area contributed by atoms with Gasteiger partial charge in [-0.25, -0.2) is 13.1 Å². The van der Waals surface area contributed by atoms with Crippen LogP contribution in [0.2, 0.25) is 0 Å². The van der Waals surface area contributed by atoms with E-state index < -0.39 is 34.8 Å². The van der Waals surface area contributed by atoms with Crippen LogP contribution in [0.5, 0.6) is 0 Å². The lowest BCUT2D eigenvalue weighted by molar-refractivity contribution is -0.134. The minimum absolute atomic E-state index is 0.0936. The van der Waals surface area contributed by atoms with Crippen LogP contribution in [0.25, 0.3) is 0 Å². The third kappa shape index (κ3) is 7.17. The summed E-state index contributed by atoms with van der Waals surface area (Å²) >= 11 is 0. The van der Waals surface area contributed by atoms with Crippen LogP contribution < -0.4 is 10.0 Å². The normalized spacial score (nSPS) is 22.1. The molecule has 8 heteroatoms. The molecule has 0 aromatic heterocycles. The van der Waals surface area contributed by atoms with E-state index in [-0.39, 0.29) is 12.6 Å². The first-order chi connectivity index (χ1) is 8.29. The second-order valence-electron chi connectivity index (χ2n) is 4.53. The van der Waals surface area contributed by atoms with Gasteiger partial charge in [0.15, 0.2) is 0 Å². The van der Waals surface area contributed by atoms with Gasteiger partial charge in [0.2, 0.25) is 10.0 Å². The molecule has 18 heavy (non-hydrogen) atoms. The van der Waals surface area contributed by atoms with Crippen LogP contribution in [0.3, 0.4) is 0 Å². The molecule has 0 aromatic rings. The highest BCUT2D eigenvalue weighted by molar-refractivity contribution is 7.89. The fourth-order valence-electron chi connectivity index (χ4n) is 1.86. The summed E-state index contributed by atoms with van der Waals surface area (Å²) < 4.78 is 60.9. The molecule has 4 nitrogen and oxygen atoms in total. The Hall–Kier alpha value is -0.340. The van der Waals surface area contributed by atoms with Gasteiger partial charge < -0.3 is 5.32 Å². The zero-order valence-electron chi connectivity index (χ0n) is 10.1. The van der Waals surface area contributed by atoms with Gasteiger partial charge in [0.1, 0.15) is 0 Å². The Bertz CT molecular complexity index is 338. The molecule has 0 aromatic carbocycles. The summed E-state index contributed by atoms with van der Waals surface area (Å²) in [4.78, 5) is 0. The van der Waals surface area contributed by atoms with Gasteiger partial charge in [-0.05, 0) is 25.8 Å². The monoisotopic (exact) mass is 288 g/mol. The summed E-state index contributed by atoms with van der Waals surface area (Å²) in [7, 11) is -3.59. The van der Waals surface area contributed by atoms with Crippen LogP contribution in [-0.4, -0.2) is 39.5 Å². The highest BCUT2D eigenvalue weighted by Gasteiger charge is 2.27. The zero-order chi connectivity index (χ0) is 13.6. The van der Waals surface area contributed by atoms with Crippen molar-refractivity contribution in [2.45, 2.75) is 44.3 Å². The molecule has 1 atom stereocenters. The molecule has 1 aliphatic heterocycles. The first-order valence-corrected chi connectivity index (χ1v) is 7.71. The minimum atomic E-state index is -4.29. The number of sulfonamides is 1. The van der Waals surface area contributed by atoms with Crippen molar-refractivity contribution < 1.29 is 21.6 Å². The van der Waals surface area contributed by atoms with Crippen LogP contribution in [0, 0.1) is 0 Å². The van der Waals surface area contributed by atoms with E-state index >= 15 is 0 Å². The van der Waals surface area contributed by atoms with E-state index in [4.69, 9.17) is 0 Å². The van der Waals surface area contributed by atoms with Crippen molar-refractivity contribution in [3.8, 4) is 0 Å². The van der Waals surface area contributed by atoms with E-state index in [2.05, 4.69) is 10.0 Å². The van der Waals surface area contributed by atoms with Gasteiger partial charge in [-0.2, -0.15) is 13.2 Å². The molecule has 2 N–H and O–H groups in total. The fourth-order valence-corrected chi connectivity index (χ4v) is 2.98. The van der Waals surface area contributed by atoms with Crippen LogP contribution >= 0.6 is 0 Å². The van der Waals surface area contributed by atoms with Crippen LogP contribution in [0.15, 0.2) is 0 Å². The minimum Gasteiger partial charge on any atom is -0.313 e. The maximum absolute atomic E-state index is 11.9. The van der Waals surface area contributed by atoms with E-state index in [9.17, 15) is 21.6 Å². The number of nitrogens with one attached hydrogen (secondary N) is 2. The molecule has 0 bridgehead atoms. The standard InChI is InChI=1S/C10H19F3N2O2S/c11-10(12,13)5-3-7-18(16,17)15-8-9-4-1-2-6-14-9/h9,14-15H,1-8H2. The van der Waals surface area contributed by atoms with Gasteiger partial charge >= 0.3 is 6.18 Å². The highest BCUT2D eigenvalue weighted by Crippen LogP contribution is 2.21. The lowest BCUT2D eigenvalue weighted by atomic mass is 10.1. The number of hydrogen-bond donors (Lipinski definition) is 2. The van der Waals surface area contributed by atoms with E-state index in [1.807, 2.05) is 0 Å². The smallest absolute Gasteiger partial charge is 0.313 e. The van der Waals surface area contributed by atoms with Gasteiger partial charge in [-0.1, -0.05) is 6.42 Å². The van der Waals surface area contributed by atoms with Crippen molar-refractivity contribution in [3.05, 3.63) is 0 Å². The molecule has 1 heterocycles. The van der Waals surface area contributed by atoms with E-state index in [0.29, 0.717) is 0 Å². The summed E-state index contributed by atoms with van der Waals surface area (Å²) in [6.45, 7) is 1.12. The van der Waals surface area contributed by atoms with Crippen molar-refractivity contribution in [2.75, 3.05) is 18.8 Å². The summed E-state index contributed by atoms with van der Waals surface area (Å²) in [5.74, 6) is -0.473. The predicted molar refractivity (Wildman–Crippen MR) is 62.7 cm³/mol. The molecule has 0 amide bonds. The molecular formula is C10H19F3N2O2S. The Kier molecular flexibility index (Phi) is 5.87. The topological polar surface area (TPSA) is 58.2 Å². The maximum Gasteiger partial charge on any atom is 0.389 e. The van der Waals surface area contributed by atoms with Gasteiger partial charge in [0, 0.05) is 19.0 Å². The van der Waals surface area contributed by atoms with Crippen molar-refractivity contribution in [2.24, 2.45) is 0 Å². The average molecular weight is 288 g/mol. The Balaban J connectivity index is 2.22. The molecule has 1 unspecified atom stereocenters. The third-order valence-corrected chi connectivity index (χ3v) is 4.27. The van der Waals surface area contributed by atoms with Crippen LogP contribution in [-0.2, 0) is 10.0 Å². The molecule has 0 aliphatic carbocycles. The summed E-state index contributed by atoms with van der Waals surface area (Å²) in [6, 6.07) is 0.0936. The van der Waals surface area contributed by atoms with Gasteiger partial charge in [0.25, 0.3) is 0 Å². The second-order valence-corrected chi connectivity index (χ2v) is 6.46. The van der Waals surface area contributed by atoms with Crippen molar-refractivity contribution >= 4 is 10.0 Å². The molecular weight excluding hydrogens is 269 g/mol. The molecule has 0 saturated carbocycles. The highest BCUT2D eigenvalue weighted by atomic mass is 32.2. The lowest BCUT2D eigenvalue weighted by Crippen LogP contribution is -2.43. The van der Waals surface area contributed by atoms with E-state index in [0.717, 1.165) is 25.8 Å². The number of rotatable bonds is 6. The molecule has 1 rings (SSSR count). The van der Waals surface area contributed by atoms with Crippen LogP contribution in [0.4, 0.5) is 13.2 Å². The molecule has 1 aliphatic rings. The van der Waals surface area contributed by atoms with Crippen LogP contribution in [0.1, 0.15) is 32.1 Å². The van der Waals surface area contributed by atoms with Gasteiger partial charge in [0.05, 0.1) is 5.75 Å². The zero-order valence-corrected chi connectivity index (χ0v) is 10.9. The first-order valence-electron chi connectivity index (χ1n) is 6.06. The first kappa shape index (κ1) is 15.7. The Morgan fingerprint density at radius 2 is 2.00 bits per heavy atom. The maximum atomic E-state index is 11.9. The van der Waals surface area contributed by atoms with Crippen molar-refractivity contribution in [1.82, 2.24) is 10.0 Å². The van der Waals surface area contributed by atoms with Crippen molar-refractivity contribution in [1.29, 1.82) is 0 Å². The number of piperidine rings is 1. The molecule has 0 spiro atoms. The summed E-state index contributed by atoms with van der Waals surface area (Å²) in [6.07, 6.45) is -2.72. The lowest BCUT2D eigenvalue weighted by Gasteiger charge is -2.23. The molecule has 108 valence electrons. The quantitative estimate of drug-likeness (QED) is 0.776.